The first-order chi connectivity index (χ1) is 17.1. The fourth-order valence-electron chi connectivity index (χ4n) is 3.91. The van der Waals surface area contributed by atoms with Gasteiger partial charge < -0.3 is 21.1 Å². The normalized spacial score (nSPS) is 18.2. The molecule has 0 radical (unpaired) electrons. The van der Waals surface area contributed by atoms with E-state index in [1.807, 2.05) is 30.3 Å². The number of carbonyl (C=O) groups excluding carboxylic acids is 3. The van der Waals surface area contributed by atoms with Crippen LogP contribution in [0.4, 0.5) is 0 Å². The highest BCUT2D eigenvalue weighted by molar-refractivity contribution is 7.89. The van der Waals surface area contributed by atoms with Gasteiger partial charge in [0, 0.05) is 12.6 Å². The van der Waals surface area contributed by atoms with Crippen molar-refractivity contribution >= 4 is 40.2 Å². The van der Waals surface area contributed by atoms with Crippen LogP contribution in [0.15, 0.2) is 59.5 Å². The standard InChI is InChI=1S/C23H29N5O7S.ClH/c1-35-17-7-9-18(10-8-17)36(33,34)28-14-16(12-20(28)23(31)27-32)26-21(29)13-25-22(30)19(24)11-15-5-3-2-4-6-15;/h2-10,16,19-20,32H,11-14,24H2,1H3,(H,25,30)(H,26,29)(H,27,31);1H/t16-,19-,20-;/m0./s1. The van der Waals surface area contributed by atoms with E-state index in [1.54, 1.807) is 0 Å². The molecule has 202 valence electrons. The average Bonchev–Trinajstić information content (AvgIpc) is 3.32. The first-order valence-electron chi connectivity index (χ1n) is 11.1. The summed E-state index contributed by atoms with van der Waals surface area (Å²) in [5.41, 5.74) is 8.27. The van der Waals surface area contributed by atoms with E-state index in [1.165, 1.54) is 36.9 Å². The van der Waals surface area contributed by atoms with Crippen LogP contribution in [0.2, 0.25) is 0 Å². The summed E-state index contributed by atoms with van der Waals surface area (Å²) in [5.74, 6) is -1.56. The lowest BCUT2D eigenvalue weighted by molar-refractivity contribution is -0.132. The van der Waals surface area contributed by atoms with Crippen molar-refractivity contribution in [1.82, 2.24) is 20.4 Å². The monoisotopic (exact) mass is 555 g/mol. The Labute approximate surface area is 221 Å². The van der Waals surface area contributed by atoms with Gasteiger partial charge in [-0.2, -0.15) is 4.31 Å². The molecule has 0 aliphatic carbocycles. The van der Waals surface area contributed by atoms with E-state index in [0.29, 0.717) is 12.2 Å². The number of ether oxygens (including phenoxy) is 1. The highest BCUT2D eigenvalue weighted by Gasteiger charge is 2.44. The molecule has 3 atom stereocenters. The van der Waals surface area contributed by atoms with Crippen molar-refractivity contribution in [2.75, 3.05) is 20.2 Å². The quantitative estimate of drug-likeness (QED) is 0.193. The van der Waals surface area contributed by atoms with Crippen LogP contribution in [0, 0.1) is 0 Å². The molecule has 2 aromatic carbocycles. The lowest BCUT2D eigenvalue weighted by Crippen LogP contribution is -2.48. The van der Waals surface area contributed by atoms with Gasteiger partial charge in [-0.15, -0.1) is 12.4 Å². The number of nitrogens with two attached hydrogens (primary N) is 1. The maximum atomic E-state index is 13.2. The molecule has 0 aromatic heterocycles. The van der Waals surface area contributed by atoms with Gasteiger partial charge in [0.05, 0.1) is 24.6 Å². The molecular formula is C23H30ClN5O7S. The van der Waals surface area contributed by atoms with E-state index in [2.05, 4.69) is 10.6 Å². The number of benzene rings is 2. The number of carbonyl (C=O) groups is 3. The van der Waals surface area contributed by atoms with Crippen LogP contribution in [0.5, 0.6) is 5.75 Å². The third kappa shape index (κ3) is 7.63. The SMILES string of the molecule is COc1ccc(S(=O)(=O)N2C[C@@H](NC(=O)CNC(=O)[C@@H](N)Cc3ccccc3)C[C@H]2C(=O)NO)cc1.Cl. The van der Waals surface area contributed by atoms with Gasteiger partial charge in [-0.3, -0.25) is 19.6 Å². The molecule has 1 fully saturated rings. The lowest BCUT2D eigenvalue weighted by atomic mass is 10.1. The Morgan fingerprint density at radius 1 is 1.14 bits per heavy atom. The molecule has 1 saturated heterocycles. The molecule has 3 amide bonds. The first-order valence-corrected chi connectivity index (χ1v) is 12.6. The Bertz CT molecular complexity index is 1180. The number of hydroxylamine groups is 1. The van der Waals surface area contributed by atoms with Crippen LogP contribution in [0.1, 0.15) is 12.0 Å². The molecule has 1 aliphatic heterocycles. The zero-order valence-corrected chi connectivity index (χ0v) is 21.6. The van der Waals surface area contributed by atoms with Crippen molar-refractivity contribution in [1.29, 1.82) is 0 Å². The predicted molar refractivity (Wildman–Crippen MR) is 136 cm³/mol. The number of nitrogens with one attached hydrogen (secondary N) is 3. The van der Waals surface area contributed by atoms with Gasteiger partial charge in [0.1, 0.15) is 11.8 Å². The summed E-state index contributed by atoms with van der Waals surface area (Å²) >= 11 is 0. The van der Waals surface area contributed by atoms with Gasteiger partial charge in [0.15, 0.2) is 0 Å². The topological polar surface area (TPSA) is 180 Å². The molecule has 6 N–H and O–H groups in total. The Hall–Kier alpha value is -3.23. The van der Waals surface area contributed by atoms with Crippen LogP contribution >= 0.6 is 12.4 Å². The van der Waals surface area contributed by atoms with Crippen LogP contribution in [0.25, 0.3) is 0 Å². The molecule has 0 spiro atoms. The smallest absolute Gasteiger partial charge is 0.261 e. The summed E-state index contributed by atoms with van der Waals surface area (Å²) in [6.07, 6.45) is 0.224. The van der Waals surface area contributed by atoms with Crippen molar-refractivity contribution in [2.24, 2.45) is 5.73 Å². The number of nitrogens with zero attached hydrogens (tertiary/aromatic N) is 1. The zero-order chi connectivity index (χ0) is 26.3. The number of hydrogen-bond acceptors (Lipinski definition) is 8. The third-order valence-electron chi connectivity index (χ3n) is 5.76. The van der Waals surface area contributed by atoms with E-state index in [-0.39, 0.29) is 36.8 Å². The molecule has 1 aliphatic rings. The lowest BCUT2D eigenvalue weighted by Gasteiger charge is -2.22. The Morgan fingerprint density at radius 3 is 2.38 bits per heavy atom. The van der Waals surface area contributed by atoms with Gasteiger partial charge in [0.25, 0.3) is 5.91 Å². The van der Waals surface area contributed by atoms with Crippen molar-refractivity contribution in [2.45, 2.75) is 35.9 Å². The molecule has 1 heterocycles. The minimum atomic E-state index is -4.14. The molecule has 0 bridgehead atoms. The molecule has 2 aromatic rings. The summed E-state index contributed by atoms with van der Waals surface area (Å²) in [5, 5.41) is 14.2. The van der Waals surface area contributed by atoms with Crippen molar-refractivity contribution < 1.29 is 32.7 Å². The number of hydrogen-bond donors (Lipinski definition) is 5. The van der Waals surface area contributed by atoms with Crippen LogP contribution in [-0.4, -0.2) is 74.0 Å². The van der Waals surface area contributed by atoms with Crippen LogP contribution in [0.3, 0.4) is 0 Å². The number of methoxy groups -OCH3 is 1. The van der Waals surface area contributed by atoms with E-state index in [0.717, 1.165) is 9.87 Å². The van der Waals surface area contributed by atoms with Gasteiger partial charge >= 0.3 is 0 Å². The van der Waals surface area contributed by atoms with E-state index in [9.17, 15) is 22.8 Å². The fraction of sp³-hybridized carbons (Fsp3) is 0.348. The maximum absolute atomic E-state index is 13.2. The van der Waals surface area contributed by atoms with E-state index >= 15 is 0 Å². The highest BCUT2D eigenvalue weighted by atomic mass is 35.5. The molecule has 14 heteroatoms. The number of amides is 3. The van der Waals surface area contributed by atoms with E-state index < -0.39 is 45.9 Å². The van der Waals surface area contributed by atoms with Crippen molar-refractivity contribution in [3.05, 3.63) is 60.2 Å². The summed E-state index contributed by atoms with van der Waals surface area (Å²) in [6, 6.07) is 12.0. The Balaban J connectivity index is 0.00000481. The molecule has 0 unspecified atom stereocenters. The summed E-state index contributed by atoms with van der Waals surface area (Å²) < 4.78 is 32.3. The van der Waals surface area contributed by atoms with Crippen LogP contribution in [-0.2, 0) is 30.8 Å². The predicted octanol–water partition coefficient (Wildman–Crippen LogP) is -0.444. The highest BCUT2D eigenvalue weighted by Crippen LogP contribution is 2.27. The molecule has 12 nitrogen and oxygen atoms in total. The van der Waals surface area contributed by atoms with Gasteiger partial charge in [-0.1, -0.05) is 30.3 Å². The summed E-state index contributed by atoms with van der Waals surface area (Å²) in [6.45, 7) is -0.584. The van der Waals surface area contributed by atoms with Crippen molar-refractivity contribution in [3.8, 4) is 5.75 Å². The third-order valence-corrected chi connectivity index (χ3v) is 7.65. The average molecular weight is 556 g/mol. The fourth-order valence-corrected chi connectivity index (χ4v) is 5.55. The van der Waals surface area contributed by atoms with Crippen LogP contribution < -0.4 is 26.6 Å². The van der Waals surface area contributed by atoms with Crippen molar-refractivity contribution in [3.63, 3.8) is 0 Å². The minimum absolute atomic E-state index is 0. The minimum Gasteiger partial charge on any atom is -0.497 e. The van der Waals surface area contributed by atoms with Gasteiger partial charge in [-0.05, 0) is 42.7 Å². The second kappa shape index (κ2) is 13.4. The Kier molecular flexibility index (Phi) is 10.8. The second-order valence-electron chi connectivity index (χ2n) is 8.26. The number of rotatable bonds is 10. The summed E-state index contributed by atoms with van der Waals surface area (Å²) in [4.78, 5) is 36.8. The van der Waals surface area contributed by atoms with Gasteiger partial charge in [-0.25, -0.2) is 13.9 Å². The number of sulfonamides is 1. The molecule has 3 rings (SSSR count). The van der Waals surface area contributed by atoms with Gasteiger partial charge in [0.2, 0.25) is 21.8 Å². The molecule has 37 heavy (non-hydrogen) atoms. The van der Waals surface area contributed by atoms with E-state index in [4.69, 9.17) is 15.7 Å². The number of halogens is 1. The molecule has 0 saturated carbocycles. The first kappa shape index (κ1) is 30.0. The Morgan fingerprint density at radius 2 is 1.78 bits per heavy atom. The molecular weight excluding hydrogens is 526 g/mol. The maximum Gasteiger partial charge on any atom is 0.261 e. The zero-order valence-electron chi connectivity index (χ0n) is 20.0. The second-order valence-corrected chi connectivity index (χ2v) is 10.1. The largest absolute Gasteiger partial charge is 0.497 e. The summed E-state index contributed by atoms with van der Waals surface area (Å²) in [7, 11) is -2.69.